The molecule has 0 saturated carbocycles. The monoisotopic (exact) mass is 562 g/mol. The summed E-state index contributed by atoms with van der Waals surface area (Å²) in [7, 11) is 0. The average Bonchev–Trinajstić information content (AvgIpc) is 3.63. The van der Waals surface area contributed by atoms with E-state index in [0.29, 0.717) is 17.2 Å². The van der Waals surface area contributed by atoms with Crippen LogP contribution in [0.4, 0.5) is 15.2 Å². The van der Waals surface area contributed by atoms with Crippen LogP contribution in [-0.2, 0) is 12.0 Å². The maximum absolute atomic E-state index is 15.2. The first-order valence-electron chi connectivity index (χ1n) is 14.5. The Kier molecular flexibility index (Phi) is 7.23. The summed E-state index contributed by atoms with van der Waals surface area (Å²) in [6, 6.07) is 14.0. The number of hydrogen-bond acceptors (Lipinski definition) is 6. The number of piperidine rings is 1. The zero-order valence-electron chi connectivity index (χ0n) is 23.8. The minimum atomic E-state index is -0.427. The highest BCUT2D eigenvalue weighted by atomic mass is 32.1. The summed E-state index contributed by atoms with van der Waals surface area (Å²) in [6.07, 6.45) is 6.27. The van der Waals surface area contributed by atoms with Crippen molar-refractivity contribution in [1.82, 2.24) is 9.88 Å². The molecule has 0 radical (unpaired) electrons. The van der Waals surface area contributed by atoms with Gasteiger partial charge >= 0.3 is 0 Å². The highest BCUT2D eigenvalue weighted by Crippen LogP contribution is 2.43. The summed E-state index contributed by atoms with van der Waals surface area (Å²) < 4.78 is 21.8. The van der Waals surface area contributed by atoms with Crippen molar-refractivity contribution in [3.8, 4) is 5.75 Å². The molecule has 40 heavy (non-hydrogen) atoms. The van der Waals surface area contributed by atoms with E-state index in [1.165, 1.54) is 28.5 Å². The van der Waals surface area contributed by atoms with Crippen molar-refractivity contribution in [3.63, 3.8) is 0 Å². The Morgan fingerprint density at radius 3 is 2.40 bits per heavy atom. The lowest BCUT2D eigenvalue weighted by Gasteiger charge is -2.41. The van der Waals surface area contributed by atoms with E-state index in [2.05, 4.69) is 59.8 Å². The van der Waals surface area contributed by atoms with Crippen LogP contribution in [0.15, 0.2) is 48.7 Å². The summed E-state index contributed by atoms with van der Waals surface area (Å²) in [5, 5.41) is 0.887. The van der Waals surface area contributed by atoms with Gasteiger partial charge in [-0.15, -0.1) is 0 Å². The summed E-state index contributed by atoms with van der Waals surface area (Å²) in [4.78, 5) is 24.6. The molecule has 3 aromatic rings. The number of thiazole rings is 1. The maximum Gasteiger partial charge on any atom is 0.265 e. The average molecular weight is 563 g/mol. The SMILES string of the molecule is CC(C)(C)c1ccc(CN2CCC3(CCN(c4ncc(C(=O)N5CCCC5)s4)CC3)Oc3c(F)cccc32)cc1. The van der Waals surface area contributed by atoms with Crippen molar-refractivity contribution in [2.45, 2.75) is 70.4 Å². The first kappa shape index (κ1) is 27.1. The first-order valence-corrected chi connectivity index (χ1v) is 15.3. The number of ether oxygens (including phenoxy) is 1. The molecular formula is C32H39FN4O2S. The molecular weight excluding hydrogens is 523 g/mol. The molecule has 2 saturated heterocycles. The van der Waals surface area contributed by atoms with Gasteiger partial charge < -0.3 is 19.4 Å². The van der Waals surface area contributed by atoms with E-state index in [9.17, 15) is 4.79 Å². The molecule has 2 aromatic carbocycles. The van der Waals surface area contributed by atoms with Gasteiger partial charge in [0.15, 0.2) is 16.7 Å². The van der Waals surface area contributed by atoms with E-state index in [0.717, 1.165) is 75.6 Å². The van der Waals surface area contributed by atoms with Crippen molar-refractivity contribution >= 4 is 28.1 Å². The fourth-order valence-electron chi connectivity index (χ4n) is 6.11. The number of carbonyl (C=O) groups is 1. The van der Waals surface area contributed by atoms with Crippen molar-refractivity contribution in [3.05, 3.63) is 70.5 Å². The van der Waals surface area contributed by atoms with Gasteiger partial charge in [0.2, 0.25) is 0 Å². The Bertz CT molecular complexity index is 1350. The fraction of sp³-hybridized carbons (Fsp3) is 0.500. The molecule has 1 aromatic heterocycles. The molecule has 0 unspecified atom stereocenters. The van der Waals surface area contributed by atoms with Crippen molar-refractivity contribution in [2.75, 3.05) is 42.5 Å². The summed E-state index contributed by atoms with van der Waals surface area (Å²) in [5.41, 5.74) is 3.01. The van der Waals surface area contributed by atoms with Gasteiger partial charge in [0.25, 0.3) is 5.91 Å². The Morgan fingerprint density at radius 2 is 1.70 bits per heavy atom. The summed E-state index contributed by atoms with van der Waals surface area (Å²) in [5.74, 6) is 0.161. The number of halogens is 1. The largest absolute Gasteiger partial charge is 0.482 e. The third kappa shape index (κ3) is 5.42. The summed E-state index contributed by atoms with van der Waals surface area (Å²) in [6.45, 7) is 11.4. The van der Waals surface area contributed by atoms with E-state index in [-0.39, 0.29) is 17.1 Å². The molecule has 212 valence electrons. The van der Waals surface area contributed by atoms with Gasteiger partial charge in [-0.2, -0.15) is 0 Å². The Morgan fingerprint density at radius 1 is 1.00 bits per heavy atom. The molecule has 0 N–H and O–H groups in total. The number of rotatable bonds is 4. The third-order valence-electron chi connectivity index (χ3n) is 8.68. The Hall–Kier alpha value is -3.13. The van der Waals surface area contributed by atoms with E-state index in [1.54, 1.807) is 12.3 Å². The molecule has 0 bridgehead atoms. The van der Waals surface area contributed by atoms with Gasteiger partial charge in [-0.1, -0.05) is 62.4 Å². The second kappa shape index (κ2) is 10.7. The molecule has 1 spiro atoms. The van der Waals surface area contributed by atoms with Gasteiger partial charge in [0.1, 0.15) is 10.5 Å². The fourth-order valence-corrected chi connectivity index (χ4v) is 7.05. The number of amides is 1. The highest BCUT2D eigenvalue weighted by molar-refractivity contribution is 7.17. The Labute approximate surface area is 240 Å². The van der Waals surface area contributed by atoms with Gasteiger partial charge in [-0.05, 0) is 41.5 Å². The van der Waals surface area contributed by atoms with Crippen molar-refractivity contribution in [1.29, 1.82) is 0 Å². The zero-order chi connectivity index (χ0) is 27.9. The molecule has 8 heteroatoms. The number of likely N-dealkylation sites (tertiary alicyclic amines) is 1. The van der Waals surface area contributed by atoms with E-state index >= 15 is 4.39 Å². The van der Waals surface area contributed by atoms with E-state index < -0.39 is 5.60 Å². The summed E-state index contributed by atoms with van der Waals surface area (Å²) >= 11 is 1.48. The standard InChI is InChI=1S/C32H39FN4O2S/c1-31(2,3)24-11-9-23(10-12-24)22-37-20-15-32(39-28-25(33)7-6-8-26(28)37)13-18-36(19-14-32)30-34-21-27(40-30)29(38)35-16-4-5-17-35/h6-12,21H,4-5,13-20,22H2,1-3H3. The van der Waals surface area contributed by atoms with Crippen LogP contribution >= 0.6 is 11.3 Å². The predicted molar refractivity (Wildman–Crippen MR) is 159 cm³/mol. The van der Waals surface area contributed by atoms with Crippen LogP contribution in [0.5, 0.6) is 5.75 Å². The number of hydrogen-bond donors (Lipinski definition) is 0. The van der Waals surface area contributed by atoms with Crippen LogP contribution < -0.4 is 14.5 Å². The molecule has 3 aliphatic heterocycles. The molecule has 0 atom stereocenters. The van der Waals surface area contributed by atoms with Crippen LogP contribution in [-0.4, -0.2) is 54.1 Å². The molecule has 2 fully saturated rings. The van der Waals surface area contributed by atoms with E-state index in [1.807, 2.05) is 11.0 Å². The van der Waals surface area contributed by atoms with Crippen molar-refractivity contribution < 1.29 is 13.9 Å². The second-order valence-electron chi connectivity index (χ2n) is 12.5. The Balaban J connectivity index is 1.16. The topological polar surface area (TPSA) is 48.9 Å². The maximum atomic E-state index is 15.2. The molecule has 6 rings (SSSR count). The lowest BCUT2D eigenvalue weighted by atomic mass is 9.86. The third-order valence-corrected chi connectivity index (χ3v) is 9.73. The number of anilines is 2. The van der Waals surface area contributed by atoms with Crippen molar-refractivity contribution in [2.24, 2.45) is 0 Å². The normalized spacial score (nSPS) is 18.9. The molecule has 1 amide bonds. The number of benzene rings is 2. The number of carbonyl (C=O) groups excluding carboxylic acids is 1. The highest BCUT2D eigenvalue weighted by Gasteiger charge is 2.41. The van der Waals surface area contributed by atoms with Gasteiger partial charge in [-0.3, -0.25) is 4.79 Å². The second-order valence-corrected chi connectivity index (χ2v) is 13.5. The number of aromatic nitrogens is 1. The quantitative estimate of drug-likeness (QED) is 0.357. The minimum Gasteiger partial charge on any atom is -0.482 e. The van der Waals surface area contributed by atoms with Crippen LogP contribution in [0.2, 0.25) is 0 Å². The lowest BCUT2D eigenvalue weighted by molar-refractivity contribution is 0.0375. The van der Waals surface area contributed by atoms with Crippen LogP contribution in [0.3, 0.4) is 0 Å². The minimum absolute atomic E-state index is 0.0991. The zero-order valence-corrected chi connectivity index (χ0v) is 24.6. The number of fused-ring (bicyclic) bond motifs is 1. The smallest absolute Gasteiger partial charge is 0.265 e. The van der Waals surface area contributed by atoms with Gasteiger partial charge in [-0.25, -0.2) is 9.37 Å². The van der Waals surface area contributed by atoms with Gasteiger partial charge in [0, 0.05) is 58.5 Å². The molecule has 3 aliphatic rings. The lowest BCUT2D eigenvalue weighted by Crippen LogP contribution is -2.48. The van der Waals surface area contributed by atoms with Crippen LogP contribution in [0.25, 0.3) is 0 Å². The predicted octanol–water partition coefficient (Wildman–Crippen LogP) is 6.64. The number of para-hydroxylation sites is 1. The van der Waals surface area contributed by atoms with Crippen LogP contribution in [0.1, 0.15) is 73.7 Å². The molecule has 6 nitrogen and oxygen atoms in total. The van der Waals surface area contributed by atoms with E-state index in [4.69, 9.17) is 4.74 Å². The van der Waals surface area contributed by atoms with Gasteiger partial charge in [0.05, 0.1) is 11.9 Å². The first-order chi connectivity index (χ1) is 19.2. The number of nitrogens with zero attached hydrogens (tertiary/aromatic N) is 4. The molecule has 4 heterocycles. The van der Waals surface area contributed by atoms with Crippen LogP contribution in [0, 0.1) is 5.82 Å². The molecule has 0 aliphatic carbocycles.